The van der Waals surface area contributed by atoms with Crippen molar-refractivity contribution in [2.24, 2.45) is 0 Å². The van der Waals surface area contributed by atoms with Crippen LogP contribution in [0.25, 0.3) is 0 Å². The molecule has 6 heteroatoms. The Bertz CT molecular complexity index is 828. The lowest BCUT2D eigenvalue weighted by Gasteiger charge is -2.22. The van der Waals surface area contributed by atoms with Crippen LogP contribution in [0, 0.1) is 0 Å². The molecule has 0 aliphatic rings. The third-order valence-corrected chi connectivity index (χ3v) is 10.5. The standard InChI is InChI=1S/C47H89NO5/c1-3-5-7-9-11-13-15-17-18-20-25-29-33-37-41-47(52)53-42-38-34-30-26-22-21-24-28-32-36-40-46(51)48-44(43-49)45(50)39-35-31-27-23-19-16-14-12-10-8-6-4-2/h15,17,22,26,44-45,49-50H,3-14,16,18-21,23-25,27-43H2,1-2H3,(H,48,51)/b17-15-,26-22-. The normalized spacial score (nSPS) is 12.9. The Hall–Kier alpha value is -1.66. The van der Waals surface area contributed by atoms with Gasteiger partial charge in [0.1, 0.15) is 0 Å². The van der Waals surface area contributed by atoms with Gasteiger partial charge in [-0.25, -0.2) is 0 Å². The smallest absolute Gasteiger partial charge is 0.305 e. The van der Waals surface area contributed by atoms with Crippen molar-refractivity contribution in [3.63, 3.8) is 0 Å². The molecule has 0 fully saturated rings. The Labute approximate surface area is 329 Å². The Balaban J connectivity index is 3.55. The van der Waals surface area contributed by atoms with Gasteiger partial charge in [-0.05, 0) is 77.0 Å². The maximum Gasteiger partial charge on any atom is 0.305 e. The van der Waals surface area contributed by atoms with Crippen molar-refractivity contribution in [2.45, 2.75) is 251 Å². The lowest BCUT2D eigenvalue weighted by atomic mass is 10.0. The van der Waals surface area contributed by atoms with Gasteiger partial charge in [-0.1, -0.05) is 173 Å². The number of hydrogen-bond donors (Lipinski definition) is 3. The number of carbonyl (C=O) groups is 2. The van der Waals surface area contributed by atoms with Crippen LogP contribution in [0.2, 0.25) is 0 Å². The number of allylic oxidation sites excluding steroid dienone is 4. The molecule has 6 nitrogen and oxygen atoms in total. The van der Waals surface area contributed by atoms with E-state index in [9.17, 15) is 19.8 Å². The van der Waals surface area contributed by atoms with Crippen molar-refractivity contribution >= 4 is 11.9 Å². The van der Waals surface area contributed by atoms with Gasteiger partial charge in [-0.3, -0.25) is 9.59 Å². The van der Waals surface area contributed by atoms with Gasteiger partial charge < -0.3 is 20.3 Å². The second-order valence-corrected chi connectivity index (χ2v) is 15.7. The molecule has 1 amide bonds. The zero-order valence-corrected chi connectivity index (χ0v) is 35.2. The van der Waals surface area contributed by atoms with Crippen LogP contribution in [-0.2, 0) is 14.3 Å². The topological polar surface area (TPSA) is 95.9 Å². The van der Waals surface area contributed by atoms with E-state index < -0.39 is 12.1 Å². The third kappa shape index (κ3) is 39.8. The Kier molecular flexibility index (Phi) is 41.7. The van der Waals surface area contributed by atoms with Gasteiger partial charge in [0, 0.05) is 12.8 Å². The van der Waals surface area contributed by atoms with E-state index in [4.69, 9.17) is 4.74 Å². The molecule has 0 saturated heterocycles. The number of aliphatic hydroxyl groups is 2. The second kappa shape index (κ2) is 43.1. The minimum atomic E-state index is -0.684. The quantitative estimate of drug-likeness (QED) is 0.0328. The van der Waals surface area contributed by atoms with Crippen LogP contribution in [0.5, 0.6) is 0 Å². The fourth-order valence-electron chi connectivity index (χ4n) is 6.86. The van der Waals surface area contributed by atoms with E-state index in [1.165, 1.54) is 128 Å². The van der Waals surface area contributed by atoms with Crippen LogP contribution in [0.15, 0.2) is 24.3 Å². The predicted octanol–water partition coefficient (Wildman–Crippen LogP) is 13.2. The molecule has 2 atom stereocenters. The average Bonchev–Trinajstić information content (AvgIpc) is 3.16. The molecular weight excluding hydrogens is 659 g/mol. The van der Waals surface area contributed by atoms with E-state index in [0.29, 0.717) is 25.9 Å². The van der Waals surface area contributed by atoms with Crippen molar-refractivity contribution < 1.29 is 24.5 Å². The van der Waals surface area contributed by atoms with Gasteiger partial charge in [0.05, 0.1) is 25.4 Å². The highest BCUT2D eigenvalue weighted by Gasteiger charge is 2.20. The Morgan fingerprint density at radius 2 is 0.887 bits per heavy atom. The fraction of sp³-hybridized carbons (Fsp3) is 0.872. The first kappa shape index (κ1) is 51.3. The fourth-order valence-corrected chi connectivity index (χ4v) is 6.86. The van der Waals surface area contributed by atoms with Crippen molar-refractivity contribution in [3.05, 3.63) is 24.3 Å². The average molecular weight is 748 g/mol. The lowest BCUT2D eigenvalue weighted by molar-refractivity contribution is -0.143. The number of nitrogens with one attached hydrogen (secondary N) is 1. The SMILES string of the molecule is CCCCCCC/C=C\CCCCCCCC(=O)OCCCC/C=C\CCCCCCC(=O)NC(CO)C(O)CCCCCCCCCCCCCC. The molecule has 0 saturated carbocycles. The number of hydrogen-bond acceptors (Lipinski definition) is 5. The summed E-state index contributed by atoms with van der Waals surface area (Å²) < 4.78 is 5.41. The van der Waals surface area contributed by atoms with E-state index in [2.05, 4.69) is 43.5 Å². The summed E-state index contributed by atoms with van der Waals surface area (Å²) in [4.78, 5) is 24.4. The van der Waals surface area contributed by atoms with E-state index >= 15 is 0 Å². The molecule has 0 heterocycles. The van der Waals surface area contributed by atoms with E-state index in [1.54, 1.807) is 0 Å². The van der Waals surface area contributed by atoms with Gasteiger partial charge in [0.25, 0.3) is 0 Å². The molecule has 0 aromatic carbocycles. The molecule has 0 bridgehead atoms. The van der Waals surface area contributed by atoms with Crippen molar-refractivity contribution in [3.8, 4) is 0 Å². The molecule has 0 aromatic heterocycles. The molecule has 2 unspecified atom stereocenters. The third-order valence-electron chi connectivity index (χ3n) is 10.5. The first-order valence-electron chi connectivity index (χ1n) is 23.1. The summed E-state index contributed by atoms with van der Waals surface area (Å²) in [7, 11) is 0. The van der Waals surface area contributed by atoms with E-state index in [1.807, 2.05) is 0 Å². The van der Waals surface area contributed by atoms with Gasteiger partial charge in [0.15, 0.2) is 0 Å². The van der Waals surface area contributed by atoms with Gasteiger partial charge >= 0.3 is 5.97 Å². The summed E-state index contributed by atoms with van der Waals surface area (Å²) in [6.45, 7) is 4.83. The van der Waals surface area contributed by atoms with Crippen LogP contribution < -0.4 is 5.32 Å². The highest BCUT2D eigenvalue weighted by Crippen LogP contribution is 2.15. The second-order valence-electron chi connectivity index (χ2n) is 15.7. The van der Waals surface area contributed by atoms with Crippen LogP contribution >= 0.6 is 0 Å². The number of unbranched alkanes of at least 4 members (excludes halogenated alkanes) is 27. The van der Waals surface area contributed by atoms with E-state index in [-0.39, 0.29) is 18.5 Å². The zero-order chi connectivity index (χ0) is 38.7. The highest BCUT2D eigenvalue weighted by atomic mass is 16.5. The molecular formula is C47H89NO5. The monoisotopic (exact) mass is 748 g/mol. The molecule has 3 N–H and O–H groups in total. The van der Waals surface area contributed by atoms with Gasteiger partial charge in [0.2, 0.25) is 5.91 Å². The van der Waals surface area contributed by atoms with Crippen molar-refractivity contribution in [1.29, 1.82) is 0 Å². The van der Waals surface area contributed by atoms with E-state index in [0.717, 1.165) is 77.0 Å². The highest BCUT2D eigenvalue weighted by molar-refractivity contribution is 5.76. The molecule has 0 radical (unpaired) electrons. The Morgan fingerprint density at radius 3 is 1.34 bits per heavy atom. The summed E-state index contributed by atoms with van der Waals surface area (Å²) in [6, 6.07) is -0.565. The molecule has 0 aliphatic heterocycles. The number of rotatable bonds is 42. The predicted molar refractivity (Wildman–Crippen MR) is 227 cm³/mol. The van der Waals surface area contributed by atoms with Gasteiger partial charge in [-0.15, -0.1) is 0 Å². The number of carbonyl (C=O) groups excluding carboxylic acids is 2. The molecule has 0 aliphatic carbocycles. The van der Waals surface area contributed by atoms with Crippen LogP contribution in [0.4, 0.5) is 0 Å². The minimum absolute atomic E-state index is 0.0456. The van der Waals surface area contributed by atoms with Crippen LogP contribution in [-0.4, -0.2) is 47.4 Å². The van der Waals surface area contributed by atoms with Crippen molar-refractivity contribution in [1.82, 2.24) is 5.32 Å². The summed E-state index contributed by atoms with van der Waals surface area (Å²) >= 11 is 0. The summed E-state index contributed by atoms with van der Waals surface area (Å²) in [5, 5.41) is 23.1. The number of amides is 1. The molecule has 0 rings (SSSR count). The molecule has 0 spiro atoms. The number of aliphatic hydroxyl groups excluding tert-OH is 2. The van der Waals surface area contributed by atoms with Gasteiger partial charge in [-0.2, -0.15) is 0 Å². The van der Waals surface area contributed by atoms with Crippen LogP contribution in [0.1, 0.15) is 239 Å². The molecule has 53 heavy (non-hydrogen) atoms. The van der Waals surface area contributed by atoms with Crippen molar-refractivity contribution in [2.75, 3.05) is 13.2 Å². The first-order valence-corrected chi connectivity index (χ1v) is 23.1. The molecule has 312 valence electrons. The largest absolute Gasteiger partial charge is 0.466 e. The maximum absolute atomic E-state index is 12.4. The summed E-state index contributed by atoms with van der Waals surface area (Å²) in [5.41, 5.74) is 0. The first-order chi connectivity index (χ1) is 26.0. The molecule has 0 aromatic rings. The minimum Gasteiger partial charge on any atom is -0.466 e. The summed E-state index contributed by atoms with van der Waals surface area (Å²) in [5.74, 6) is -0.119. The lowest BCUT2D eigenvalue weighted by Crippen LogP contribution is -2.45. The van der Waals surface area contributed by atoms with Crippen LogP contribution in [0.3, 0.4) is 0 Å². The maximum atomic E-state index is 12.4. The zero-order valence-electron chi connectivity index (χ0n) is 35.2. The number of esters is 1. The number of ether oxygens (including phenoxy) is 1. The summed E-state index contributed by atoms with van der Waals surface area (Å²) in [6.07, 6.45) is 48.5. The Morgan fingerprint density at radius 1 is 0.509 bits per heavy atom.